The van der Waals surface area contributed by atoms with Crippen LogP contribution >= 0.6 is 0 Å². The molecule has 0 bridgehead atoms. The highest BCUT2D eigenvalue weighted by atomic mass is 14.9. The molecule has 4 rings (SSSR count). The Kier molecular flexibility index (Phi) is 3.13. The Morgan fingerprint density at radius 3 is 1.67 bits per heavy atom. The summed E-state index contributed by atoms with van der Waals surface area (Å²) in [5.74, 6) is 0. The molecule has 0 spiro atoms. The highest BCUT2D eigenvalue weighted by Gasteiger charge is 2.10. The van der Waals surface area contributed by atoms with Gasteiger partial charge in [0.2, 0.25) is 0 Å². The predicted molar refractivity (Wildman–Crippen MR) is 102 cm³/mol. The van der Waals surface area contributed by atoms with Crippen molar-refractivity contribution >= 4 is 50.2 Å². The number of nitrogens with zero attached hydrogens (tertiary/aromatic N) is 1. The molecular formula is C19H17N5. The molecular weight excluding hydrogens is 298 g/mol. The molecule has 1 heterocycles. The fourth-order valence-corrected chi connectivity index (χ4v) is 2.83. The van der Waals surface area contributed by atoms with Gasteiger partial charge in [-0.3, -0.25) is 0 Å². The van der Waals surface area contributed by atoms with Crippen molar-refractivity contribution in [2.45, 2.75) is 0 Å². The first-order valence-corrected chi connectivity index (χ1v) is 7.61. The Hall–Kier alpha value is -3.47. The van der Waals surface area contributed by atoms with Crippen molar-refractivity contribution in [3.63, 3.8) is 0 Å². The van der Waals surface area contributed by atoms with Crippen LogP contribution in [0.25, 0.3) is 21.8 Å². The van der Waals surface area contributed by atoms with Crippen LogP contribution in [0.1, 0.15) is 0 Å². The van der Waals surface area contributed by atoms with Crippen molar-refractivity contribution in [1.82, 2.24) is 4.98 Å². The van der Waals surface area contributed by atoms with E-state index in [0.717, 1.165) is 38.9 Å². The lowest BCUT2D eigenvalue weighted by molar-refractivity contribution is 1.48. The summed E-state index contributed by atoms with van der Waals surface area (Å²) in [4.78, 5) is 4.70. The number of nitrogens with two attached hydrogens (primary N) is 3. The predicted octanol–water partition coefficient (Wildman–Crippen LogP) is 3.88. The zero-order valence-corrected chi connectivity index (χ0v) is 13.0. The maximum Gasteiger partial charge on any atom is 0.0751 e. The van der Waals surface area contributed by atoms with E-state index in [2.05, 4.69) is 5.32 Å². The van der Waals surface area contributed by atoms with E-state index >= 15 is 0 Å². The summed E-state index contributed by atoms with van der Waals surface area (Å²) in [5.41, 5.74) is 23.3. The number of nitrogens with one attached hydrogen (secondary N) is 1. The van der Waals surface area contributed by atoms with Crippen LogP contribution in [-0.2, 0) is 0 Å². The maximum absolute atomic E-state index is 5.92. The molecule has 0 aliphatic heterocycles. The van der Waals surface area contributed by atoms with Crippen LogP contribution in [0.4, 0.5) is 28.4 Å². The van der Waals surface area contributed by atoms with Gasteiger partial charge in [-0.05, 0) is 60.7 Å². The maximum atomic E-state index is 5.92. The van der Waals surface area contributed by atoms with Gasteiger partial charge in [-0.1, -0.05) is 0 Å². The van der Waals surface area contributed by atoms with Crippen LogP contribution in [-0.4, -0.2) is 4.98 Å². The molecule has 0 fully saturated rings. The van der Waals surface area contributed by atoms with E-state index in [1.165, 1.54) is 0 Å². The van der Waals surface area contributed by atoms with Crippen LogP contribution < -0.4 is 22.5 Å². The fraction of sp³-hybridized carbons (Fsp3) is 0. The van der Waals surface area contributed by atoms with Crippen LogP contribution in [0.5, 0.6) is 0 Å². The van der Waals surface area contributed by atoms with E-state index in [1.54, 1.807) is 0 Å². The van der Waals surface area contributed by atoms with Gasteiger partial charge in [0.15, 0.2) is 0 Å². The first-order valence-electron chi connectivity index (χ1n) is 7.61. The number of hydrogen-bond donors (Lipinski definition) is 4. The molecule has 7 N–H and O–H groups in total. The van der Waals surface area contributed by atoms with Gasteiger partial charge >= 0.3 is 0 Å². The molecule has 0 unspecified atom stereocenters. The lowest BCUT2D eigenvalue weighted by Crippen LogP contribution is -1.97. The molecule has 0 radical (unpaired) electrons. The highest BCUT2D eigenvalue weighted by Crippen LogP contribution is 2.34. The first-order chi connectivity index (χ1) is 11.6. The SMILES string of the molecule is Nc1ccc(Nc2c3ccc(N)cc3nc3cc(N)ccc23)cc1. The molecule has 0 aliphatic rings. The highest BCUT2D eigenvalue weighted by molar-refractivity contribution is 6.09. The Bertz CT molecular complexity index is 995. The lowest BCUT2D eigenvalue weighted by atomic mass is 10.1. The number of nitrogen functional groups attached to an aromatic ring is 3. The second-order valence-electron chi connectivity index (χ2n) is 5.79. The molecule has 0 saturated heterocycles. The molecule has 3 aromatic carbocycles. The quantitative estimate of drug-likeness (QED) is 0.332. The van der Waals surface area contributed by atoms with E-state index in [9.17, 15) is 0 Å². The molecule has 118 valence electrons. The van der Waals surface area contributed by atoms with Crippen molar-refractivity contribution in [3.05, 3.63) is 60.7 Å². The number of fused-ring (bicyclic) bond motifs is 2. The first kappa shape index (κ1) is 14.1. The van der Waals surface area contributed by atoms with E-state index in [-0.39, 0.29) is 0 Å². The minimum Gasteiger partial charge on any atom is -0.399 e. The summed E-state index contributed by atoms with van der Waals surface area (Å²) in [5, 5.41) is 5.48. The average molecular weight is 315 g/mol. The zero-order chi connectivity index (χ0) is 16.7. The molecule has 5 nitrogen and oxygen atoms in total. The van der Waals surface area contributed by atoms with Gasteiger partial charge in [0.25, 0.3) is 0 Å². The largest absolute Gasteiger partial charge is 0.399 e. The minimum atomic E-state index is 0.677. The molecule has 0 amide bonds. The molecule has 5 heteroatoms. The average Bonchev–Trinajstić information content (AvgIpc) is 2.56. The molecule has 0 aliphatic carbocycles. The van der Waals surface area contributed by atoms with Crippen LogP contribution in [0.3, 0.4) is 0 Å². The molecule has 0 atom stereocenters. The standard InChI is InChI=1S/C19H17N5/c20-11-1-5-14(6-2-11)23-19-15-7-3-12(21)9-17(15)24-18-10-13(22)4-8-16(18)19/h1-10H,20-22H2,(H,23,24). The third-order valence-electron chi connectivity index (χ3n) is 4.00. The zero-order valence-electron chi connectivity index (χ0n) is 13.0. The van der Waals surface area contributed by atoms with Crippen molar-refractivity contribution in [3.8, 4) is 0 Å². The van der Waals surface area contributed by atoms with Gasteiger partial charge < -0.3 is 22.5 Å². The second kappa shape index (κ2) is 5.31. The number of hydrogen-bond acceptors (Lipinski definition) is 5. The third kappa shape index (κ3) is 2.42. The van der Waals surface area contributed by atoms with Crippen LogP contribution in [0.15, 0.2) is 60.7 Å². The third-order valence-corrected chi connectivity index (χ3v) is 4.00. The van der Waals surface area contributed by atoms with E-state index in [1.807, 2.05) is 60.7 Å². The van der Waals surface area contributed by atoms with E-state index < -0.39 is 0 Å². The van der Waals surface area contributed by atoms with Gasteiger partial charge in [0.1, 0.15) is 0 Å². The van der Waals surface area contributed by atoms with E-state index in [4.69, 9.17) is 22.2 Å². The molecule has 0 saturated carbocycles. The summed E-state index contributed by atoms with van der Waals surface area (Å²) >= 11 is 0. The summed E-state index contributed by atoms with van der Waals surface area (Å²) in [6, 6.07) is 19.1. The molecule has 24 heavy (non-hydrogen) atoms. The van der Waals surface area contributed by atoms with Gasteiger partial charge in [-0.25, -0.2) is 4.98 Å². The normalized spacial score (nSPS) is 11.0. The van der Waals surface area contributed by atoms with Crippen LogP contribution in [0, 0.1) is 0 Å². The Balaban J connectivity index is 1.99. The summed E-state index contributed by atoms with van der Waals surface area (Å²) in [6.07, 6.45) is 0. The van der Waals surface area contributed by atoms with Gasteiger partial charge in [-0.2, -0.15) is 0 Å². The Morgan fingerprint density at radius 1 is 0.625 bits per heavy atom. The summed E-state index contributed by atoms with van der Waals surface area (Å²) in [6.45, 7) is 0. The second-order valence-corrected chi connectivity index (χ2v) is 5.79. The smallest absolute Gasteiger partial charge is 0.0751 e. The molecule has 4 aromatic rings. The Morgan fingerprint density at radius 2 is 1.12 bits per heavy atom. The minimum absolute atomic E-state index is 0.677. The fourth-order valence-electron chi connectivity index (χ4n) is 2.83. The number of pyridine rings is 1. The monoisotopic (exact) mass is 315 g/mol. The summed E-state index contributed by atoms with van der Waals surface area (Å²) < 4.78 is 0. The van der Waals surface area contributed by atoms with Crippen LogP contribution in [0.2, 0.25) is 0 Å². The summed E-state index contributed by atoms with van der Waals surface area (Å²) in [7, 11) is 0. The van der Waals surface area contributed by atoms with Crippen molar-refractivity contribution in [2.75, 3.05) is 22.5 Å². The number of anilines is 5. The van der Waals surface area contributed by atoms with Crippen molar-refractivity contribution in [1.29, 1.82) is 0 Å². The lowest BCUT2D eigenvalue weighted by Gasteiger charge is -2.14. The molecule has 1 aromatic heterocycles. The van der Waals surface area contributed by atoms with Crippen molar-refractivity contribution in [2.24, 2.45) is 0 Å². The van der Waals surface area contributed by atoms with Crippen molar-refractivity contribution < 1.29 is 0 Å². The van der Waals surface area contributed by atoms with Gasteiger partial charge in [0.05, 0.1) is 16.7 Å². The van der Waals surface area contributed by atoms with E-state index in [0.29, 0.717) is 11.4 Å². The number of aromatic nitrogens is 1. The van der Waals surface area contributed by atoms with Gasteiger partial charge in [-0.15, -0.1) is 0 Å². The number of rotatable bonds is 2. The topological polar surface area (TPSA) is 103 Å². The Labute approximate surface area is 139 Å². The number of benzene rings is 3. The van der Waals surface area contributed by atoms with Gasteiger partial charge in [0, 0.05) is 33.5 Å².